The van der Waals surface area contributed by atoms with Crippen LogP contribution < -0.4 is 11.1 Å². The third-order valence-corrected chi connectivity index (χ3v) is 3.60. The number of hydrogen-bond donors (Lipinski definition) is 3. The number of aliphatic carboxylic acids is 1. The molecule has 1 saturated carbocycles. The number of amides is 1. The minimum atomic E-state index is -0.840. The lowest BCUT2D eigenvalue weighted by Gasteiger charge is -2.37. The number of hydrogen-bond acceptors (Lipinski definition) is 4. The quantitative estimate of drug-likeness (QED) is 0.662. The van der Waals surface area contributed by atoms with Gasteiger partial charge < -0.3 is 20.7 Å². The van der Waals surface area contributed by atoms with E-state index in [1.54, 1.807) is 10.8 Å². The lowest BCUT2D eigenvalue weighted by molar-refractivity contribution is -0.153. The lowest BCUT2D eigenvalue weighted by Crippen LogP contribution is -2.47. The van der Waals surface area contributed by atoms with Gasteiger partial charge in [-0.15, -0.1) is 0 Å². The van der Waals surface area contributed by atoms with E-state index in [1.807, 2.05) is 0 Å². The fraction of sp³-hybridized carbons (Fsp3) is 0.583. The maximum Gasteiger partial charge on any atom is 0.311 e. The van der Waals surface area contributed by atoms with Crippen LogP contribution in [0.5, 0.6) is 0 Å². The molecule has 0 saturated heterocycles. The van der Waals surface area contributed by atoms with Crippen molar-refractivity contribution in [1.29, 1.82) is 0 Å². The molecule has 1 aromatic heterocycles. The van der Waals surface area contributed by atoms with E-state index in [4.69, 9.17) is 10.8 Å². The Hall–Kier alpha value is -1.89. The topological polar surface area (TPSA) is 110 Å². The summed E-state index contributed by atoms with van der Waals surface area (Å²) in [5.74, 6) is -1.18. The molecule has 0 radical (unpaired) electrons. The summed E-state index contributed by atoms with van der Waals surface area (Å²) in [5, 5.41) is 11.8. The van der Waals surface area contributed by atoms with E-state index in [1.165, 1.54) is 6.33 Å². The Balaban J connectivity index is 1.91. The highest BCUT2D eigenvalue weighted by atomic mass is 16.4. The third kappa shape index (κ3) is 2.76. The number of carbonyl (C=O) groups is 2. The van der Waals surface area contributed by atoms with Gasteiger partial charge in [0.25, 0.3) is 5.91 Å². The van der Waals surface area contributed by atoms with Crippen molar-refractivity contribution in [2.75, 3.05) is 13.1 Å². The molecule has 0 bridgehead atoms. The smallest absolute Gasteiger partial charge is 0.311 e. The minimum Gasteiger partial charge on any atom is -0.481 e. The number of carboxylic acids is 1. The van der Waals surface area contributed by atoms with Crippen LogP contribution in [0.4, 0.5) is 0 Å². The molecule has 1 fully saturated rings. The van der Waals surface area contributed by atoms with Crippen molar-refractivity contribution in [2.24, 2.45) is 11.1 Å². The Bertz CT molecular complexity index is 479. The van der Waals surface area contributed by atoms with Crippen molar-refractivity contribution in [3.05, 3.63) is 18.2 Å². The summed E-state index contributed by atoms with van der Waals surface area (Å²) in [6, 6.07) is 0. The van der Waals surface area contributed by atoms with Crippen LogP contribution in [-0.4, -0.2) is 39.6 Å². The standard InChI is InChI=1S/C12H18N4O3/c13-4-5-16-6-9(15-8-16)10(17)14-7-12(11(18)19)2-1-3-12/h6,8H,1-5,7,13H2,(H,14,17)(H,18,19). The summed E-state index contributed by atoms with van der Waals surface area (Å²) in [4.78, 5) is 27.0. The Labute approximate surface area is 110 Å². The van der Waals surface area contributed by atoms with Crippen LogP contribution in [-0.2, 0) is 11.3 Å². The number of imidazole rings is 1. The molecule has 0 aliphatic heterocycles. The third-order valence-electron chi connectivity index (χ3n) is 3.60. The van der Waals surface area contributed by atoms with Gasteiger partial charge in [-0.05, 0) is 12.8 Å². The lowest BCUT2D eigenvalue weighted by atomic mass is 9.69. The molecule has 7 heteroatoms. The van der Waals surface area contributed by atoms with E-state index in [9.17, 15) is 9.59 Å². The molecule has 1 amide bonds. The van der Waals surface area contributed by atoms with E-state index in [-0.39, 0.29) is 18.1 Å². The largest absolute Gasteiger partial charge is 0.481 e. The number of rotatable bonds is 6. The molecule has 0 atom stereocenters. The molecule has 1 aromatic rings. The van der Waals surface area contributed by atoms with Gasteiger partial charge in [0.15, 0.2) is 0 Å². The van der Waals surface area contributed by atoms with Crippen molar-refractivity contribution >= 4 is 11.9 Å². The fourth-order valence-electron chi connectivity index (χ4n) is 2.16. The zero-order valence-corrected chi connectivity index (χ0v) is 10.6. The molecule has 7 nitrogen and oxygen atoms in total. The van der Waals surface area contributed by atoms with Crippen molar-refractivity contribution in [1.82, 2.24) is 14.9 Å². The van der Waals surface area contributed by atoms with Gasteiger partial charge >= 0.3 is 5.97 Å². The van der Waals surface area contributed by atoms with Crippen LogP contribution in [0.2, 0.25) is 0 Å². The highest BCUT2D eigenvalue weighted by Crippen LogP contribution is 2.40. The fourth-order valence-corrected chi connectivity index (χ4v) is 2.16. The van der Waals surface area contributed by atoms with Gasteiger partial charge in [-0.2, -0.15) is 0 Å². The maximum atomic E-state index is 11.9. The molecular formula is C12H18N4O3. The van der Waals surface area contributed by atoms with E-state index >= 15 is 0 Å². The molecule has 19 heavy (non-hydrogen) atoms. The van der Waals surface area contributed by atoms with Crippen LogP contribution in [0.15, 0.2) is 12.5 Å². The van der Waals surface area contributed by atoms with Gasteiger partial charge in [-0.25, -0.2) is 4.98 Å². The zero-order chi connectivity index (χ0) is 13.9. The number of nitrogens with zero attached hydrogens (tertiary/aromatic N) is 2. The second-order valence-electron chi connectivity index (χ2n) is 4.91. The summed E-state index contributed by atoms with van der Waals surface area (Å²) in [7, 11) is 0. The molecule has 0 unspecified atom stereocenters. The number of nitrogens with one attached hydrogen (secondary N) is 1. The van der Waals surface area contributed by atoms with Crippen molar-refractivity contribution in [2.45, 2.75) is 25.8 Å². The first-order valence-electron chi connectivity index (χ1n) is 6.31. The van der Waals surface area contributed by atoms with Crippen LogP contribution in [0, 0.1) is 5.41 Å². The Kier molecular flexibility index (Phi) is 3.84. The minimum absolute atomic E-state index is 0.158. The van der Waals surface area contributed by atoms with Crippen LogP contribution in [0.25, 0.3) is 0 Å². The van der Waals surface area contributed by atoms with Crippen LogP contribution in [0.3, 0.4) is 0 Å². The van der Waals surface area contributed by atoms with Gasteiger partial charge in [-0.3, -0.25) is 9.59 Å². The summed E-state index contributed by atoms with van der Waals surface area (Å²) >= 11 is 0. The average molecular weight is 266 g/mol. The van der Waals surface area contributed by atoms with E-state index in [2.05, 4.69) is 10.3 Å². The van der Waals surface area contributed by atoms with Crippen LogP contribution in [0.1, 0.15) is 29.8 Å². The molecule has 1 aliphatic carbocycles. The number of nitrogens with two attached hydrogens (primary N) is 1. The Morgan fingerprint density at radius 1 is 1.53 bits per heavy atom. The van der Waals surface area contributed by atoms with E-state index in [0.717, 1.165) is 6.42 Å². The van der Waals surface area contributed by atoms with E-state index < -0.39 is 11.4 Å². The first-order valence-corrected chi connectivity index (χ1v) is 6.31. The maximum absolute atomic E-state index is 11.9. The molecule has 2 rings (SSSR count). The summed E-state index contributed by atoms with van der Waals surface area (Å²) in [6.07, 6.45) is 5.27. The predicted octanol–water partition coefficient (Wildman–Crippen LogP) is -0.174. The number of aromatic nitrogens is 2. The average Bonchev–Trinajstić information content (AvgIpc) is 2.76. The molecule has 4 N–H and O–H groups in total. The molecule has 1 aliphatic rings. The van der Waals surface area contributed by atoms with Gasteiger partial charge in [-0.1, -0.05) is 6.42 Å². The molecule has 0 spiro atoms. The normalized spacial score (nSPS) is 16.7. The van der Waals surface area contributed by atoms with Gasteiger partial charge in [0.2, 0.25) is 0 Å². The SMILES string of the molecule is NCCn1cnc(C(=O)NCC2(C(=O)O)CCC2)c1. The van der Waals surface area contributed by atoms with Gasteiger partial charge in [0.05, 0.1) is 11.7 Å². The van der Waals surface area contributed by atoms with Crippen molar-refractivity contribution in [3.63, 3.8) is 0 Å². The first-order chi connectivity index (χ1) is 9.07. The second-order valence-corrected chi connectivity index (χ2v) is 4.91. The molecule has 104 valence electrons. The number of carboxylic acid groups (broad SMARTS) is 1. The molecular weight excluding hydrogens is 248 g/mol. The first kappa shape index (κ1) is 13.5. The Morgan fingerprint density at radius 2 is 2.26 bits per heavy atom. The monoisotopic (exact) mass is 266 g/mol. The highest BCUT2D eigenvalue weighted by Gasteiger charge is 2.44. The molecule has 1 heterocycles. The zero-order valence-electron chi connectivity index (χ0n) is 10.6. The summed E-state index contributed by atoms with van der Waals surface area (Å²) in [6.45, 7) is 1.23. The van der Waals surface area contributed by atoms with E-state index in [0.29, 0.717) is 25.9 Å². The predicted molar refractivity (Wildman–Crippen MR) is 67.5 cm³/mol. The number of carbonyl (C=O) groups excluding carboxylic acids is 1. The summed E-state index contributed by atoms with van der Waals surface area (Å²) < 4.78 is 1.73. The van der Waals surface area contributed by atoms with Crippen molar-refractivity contribution < 1.29 is 14.7 Å². The summed E-state index contributed by atoms with van der Waals surface area (Å²) in [5.41, 5.74) is 4.91. The van der Waals surface area contributed by atoms with Crippen LogP contribution >= 0.6 is 0 Å². The second kappa shape index (κ2) is 5.40. The Morgan fingerprint density at radius 3 is 2.79 bits per heavy atom. The van der Waals surface area contributed by atoms with Crippen molar-refractivity contribution in [3.8, 4) is 0 Å². The van der Waals surface area contributed by atoms with Gasteiger partial charge in [0.1, 0.15) is 5.69 Å². The van der Waals surface area contributed by atoms with Gasteiger partial charge in [0, 0.05) is 25.8 Å². The highest BCUT2D eigenvalue weighted by molar-refractivity contribution is 5.92. The molecule has 0 aromatic carbocycles.